The van der Waals surface area contributed by atoms with Gasteiger partial charge < -0.3 is 0 Å². The van der Waals surface area contributed by atoms with E-state index in [0.717, 1.165) is 0 Å². The Kier molecular flexibility index (Phi) is 3.78. The molecule has 0 spiro atoms. The zero-order valence-electron chi connectivity index (χ0n) is 8.17. The van der Waals surface area contributed by atoms with E-state index in [4.69, 9.17) is 15.9 Å². The van der Waals surface area contributed by atoms with Gasteiger partial charge in [-0.2, -0.15) is 5.26 Å². The normalized spacial score (nSPS) is 11.3. The second kappa shape index (κ2) is 4.79. The van der Waals surface area contributed by atoms with Crippen LogP contribution in [0.5, 0.6) is 0 Å². The molecule has 0 bridgehead atoms. The fraction of sp³-hybridized carbons (Fsp3) is 0.143. The summed E-state index contributed by atoms with van der Waals surface area (Å²) in [5.74, 6) is 0. The van der Waals surface area contributed by atoms with Crippen LogP contribution in [0.2, 0.25) is 0 Å². The van der Waals surface area contributed by atoms with Crippen molar-refractivity contribution in [2.75, 3.05) is 0 Å². The molecular formula is C7H2ClF2N3O4S. The van der Waals surface area contributed by atoms with Gasteiger partial charge in [-0.3, -0.25) is 10.1 Å². The number of nitriles is 1. The van der Waals surface area contributed by atoms with Crippen LogP contribution in [0.25, 0.3) is 0 Å². The van der Waals surface area contributed by atoms with Gasteiger partial charge in [0.2, 0.25) is 0 Å². The van der Waals surface area contributed by atoms with Crippen molar-refractivity contribution in [2.45, 2.75) is 11.3 Å². The summed E-state index contributed by atoms with van der Waals surface area (Å²) in [6, 6.07) is 1.77. The highest BCUT2D eigenvalue weighted by Gasteiger charge is 2.34. The van der Waals surface area contributed by atoms with E-state index in [-0.39, 0.29) is 0 Å². The molecule has 11 heteroatoms. The van der Waals surface area contributed by atoms with Gasteiger partial charge >= 0.3 is 0 Å². The Hall–Kier alpha value is -1.86. The molecule has 0 saturated heterocycles. The van der Waals surface area contributed by atoms with Crippen molar-refractivity contribution in [1.82, 2.24) is 4.98 Å². The van der Waals surface area contributed by atoms with Gasteiger partial charge in [0.05, 0.1) is 11.0 Å². The van der Waals surface area contributed by atoms with Gasteiger partial charge in [0.15, 0.2) is 4.90 Å². The van der Waals surface area contributed by atoms with E-state index in [1.54, 1.807) is 0 Å². The summed E-state index contributed by atoms with van der Waals surface area (Å²) < 4.78 is 47.4. The van der Waals surface area contributed by atoms with Gasteiger partial charge in [-0.05, 0) is 0 Å². The minimum absolute atomic E-state index is 0.459. The Balaban J connectivity index is 3.86. The van der Waals surface area contributed by atoms with Crippen LogP contribution in [0.3, 0.4) is 0 Å². The van der Waals surface area contributed by atoms with E-state index in [1.165, 1.54) is 6.07 Å². The summed E-state index contributed by atoms with van der Waals surface area (Å²) in [6.45, 7) is 0. The molecule has 96 valence electrons. The third kappa shape index (κ3) is 2.69. The maximum Gasteiger partial charge on any atom is 0.294 e. The Morgan fingerprint density at radius 2 is 2.11 bits per heavy atom. The summed E-state index contributed by atoms with van der Waals surface area (Å²) in [4.78, 5) is 11.0. The number of nitrogens with zero attached hydrogens (tertiary/aromatic N) is 3. The van der Waals surface area contributed by atoms with Crippen molar-refractivity contribution in [3.05, 3.63) is 27.6 Å². The lowest BCUT2D eigenvalue weighted by Gasteiger charge is -2.06. The fourth-order valence-corrected chi connectivity index (χ4v) is 2.37. The molecule has 0 aromatic carbocycles. The molecule has 0 aliphatic rings. The molecule has 0 N–H and O–H groups in total. The molecule has 1 aromatic rings. The smallest absolute Gasteiger partial charge is 0.258 e. The molecule has 7 nitrogen and oxygen atoms in total. The number of aromatic nitrogens is 1. The maximum atomic E-state index is 12.6. The van der Waals surface area contributed by atoms with E-state index in [2.05, 4.69) is 4.98 Å². The molecular weight excluding hydrogens is 296 g/mol. The highest BCUT2D eigenvalue weighted by molar-refractivity contribution is 8.13. The molecule has 0 aliphatic heterocycles. The molecule has 0 saturated carbocycles. The molecule has 1 heterocycles. The molecule has 1 aromatic heterocycles. The second-order valence-electron chi connectivity index (χ2n) is 2.85. The van der Waals surface area contributed by atoms with Crippen molar-refractivity contribution in [1.29, 1.82) is 5.26 Å². The van der Waals surface area contributed by atoms with E-state index in [9.17, 15) is 27.3 Å². The van der Waals surface area contributed by atoms with Crippen LogP contribution in [0, 0.1) is 21.4 Å². The topological polar surface area (TPSA) is 114 Å². The lowest BCUT2D eigenvalue weighted by molar-refractivity contribution is -0.388. The summed E-state index contributed by atoms with van der Waals surface area (Å²) in [6.07, 6.45) is -3.43. The quantitative estimate of drug-likeness (QED) is 0.477. The Bertz CT molecular complexity index is 655. The maximum absolute atomic E-state index is 12.6. The first-order valence-electron chi connectivity index (χ1n) is 4.00. The molecule has 18 heavy (non-hydrogen) atoms. The average Bonchev–Trinajstić information content (AvgIpc) is 2.25. The van der Waals surface area contributed by atoms with E-state index in [0.29, 0.717) is 6.07 Å². The Morgan fingerprint density at radius 3 is 2.44 bits per heavy atom. The van der Waals surface area contributed by atoms with Gasteiger partial charge in [-0.15, -0.1) is 0 Å². The molecule has 0 radical (unpaired) electrons. The van der Waals surface area contributed by atoms with Crippen LogP contribution >= 0.6 is 10.7 Å². The predicted molar refractivity (Wildman–Crippen MR) is 53.6 cm³/mol. The number of alkyl halides is 2. The summed E-state index contributed by atoms with van der Waals surface area (Å²) in [7, 11) is 0.0636. The number of pyridine rings is 1. The van der Waals surface area contributed by atoms with Crippen LogP contribution in [0.4, 0.5) is 14.5 Å². The van der Waals surface area contributed by atoms with Crippen molar-refractivity contribution >= 4 is 25.4 Å². The minimum atomic E-state index is -4.80. The standard InChI is InChI=1S/C7H2ClF2N3O4S/c8-18(16,17)6-4(13(14)15)1-3(2-11)12-5(6)7(9)10/h1,7H. The zero-order chi connectivity index (χ0) is 14.1. The van der Waals surface area contributed by atoms with Crippen LogP contribution < -0.4 is 0 Å². The summed E-state index contributed by atoms with van der Waals surface area (Å²) >= 11 is 0. The zero-order valence-corrected chi connectivity index (χ0v) is 9.74. The first kappa shape index (κ1) is 14.2. The molecule has 0 amide bonds. The third-order valence-electron chi connectivity index (χ3n) is 1.74. The van der Waals surface area contributed by atoms with E-state index in [1.807, 2.05) is 0 Å². The monoisotopic (exact) mass is 297 g/mol. The first-order chi connectivity index (χ1) is 8.18. The number of nitro groups is 1. The van der Waals surface area contributed by atoms with E-state index < -0.39 is 42.4 Å². The SMILES string of the molecule is N#Cc1cc([N+](=O)[O-])c(S(=O)(=O)Cl)c(C(F)F)n1. The number of hydrogen-bond acceptors (Lipinski definition) is 6. The number of halogens is 3. The van der Waals surface area contributed by atoms with Crippen molar-refractivity contribution < 1.29 is 22.1 Å². The molecule has 0 unspecified atom stereocenters. The Morgan fingerprint density at radius 1 is 1.56 bits per heavy atom. The lowest BCUT2D eigenvalue weighted by Crippen LogP contribution is -2.08. The van der Waals surface area contributed by atoms with Gasteiger partial charge in [0, 0.05) is 10.7 Å². The lowest BCUT2D eigenvalue weighted by atomic mass is 10.2. The van der Waals surface area contributed by atoms with Crippen LogP contribution in [0.1, 0.15) is 17.8 Å². The fourth-order valence-electron chi connectivity index (χ4n) is 1.13. The van der Waals surface area contributed by atoms with Crippen LogP contribution in [-0.4, -0.2) is 18.3 Å². The van der Waals surface area contributed by atoms with Gasteiger partial charge in [0.25, 0.3) is 21.2 Å². The van der Waals surface area contributed by atoms with Gasteiger partial charge in [-0.25, -0.2) is 22.2 Å². The number of rotatable bonds is 3. The molecule has 1 rings (SSSR count). The predicted octanol–water partition coefficient (Wildman–Crippen LogP) is 1.73. The summed E-state index contributed by atoms with van der Waals surface area (Å²) in [5, 5.41) is 19.1. The van der Waals surface area contributed by atoms with E-state index >= 15 is 0 Å². The van der Waals surface area contributed by atoms with Crippen LogP contribution in [0.15, 0.2) is 11.0 Å². The second-order valence-corrected chi connectivity index (χ2v) is 5.35. The third-order valence-corrected chi connectivity index (χ3v) is 3.11. The van der Waals surface area contributed by atoms with Crippen molar-refractivity contribution in [2.24, 2.45) is 0 Å². The first-order valence-corrected chi connectivity index (χ1v) is 6.31. The van der Waals surface area contributed by atoms with Crippen molar-refractivity contribution in [3.63, 3.8) is 0 Å². The van der Waals surface area contributed by atoms with Gasteiger partial charge in [-0.1, -0.05) is 0 Å². The largest absolute Gasteiger partial charge is 0.294 e. The number of hydrogen-bond donors (Lipinski definition) is 0. The minimum Gasteiger partial charge on any atom is -0.258 e. The average molecular weight is 298 g/mol. The molecule has 0 aliphatic carbocycles. The molecule has 0 fully saturated rings. The Labute approximate surface area is 103 Å². The summed E-state index contributed by atoms with van der Waals surface area (Å²) in [5.41, 5.74) is -3.34. The van der Waals surface area contributed by atoms with Crippen molar-refractivity contribution in [3.8, 4) is 6.07 Å². The highest BCUT2D eigenvalue weighted by Crippen LogP contribution is 2.34. The highest BCUT2D eigenvalue weighted by atomic mass is 35.7. The molecule has 0 atom stereocenters. The van der Waals surface area contributed by atoms with Crippen LogP contribution in [-0.2, 0) is 9.05 Å². The van der Waals surface area contributed by atoms with Gasteiger partial charge in [0.1, 0.15) is 17.5 Å².